The Labute approximate surface area is 236 Å². The largest absolute Gasteiger partial charge is 0.496 e. The van der Waals surface area contributed by atoms with E-state index >= 15 is 0 Å². The summed E-state index contributed by atoms with van der Waals surface area (Å²) in [5, 5.41) is 5.81. The maximum atomic E-state index is 13.7. The fourth-order valence-electron chi connectivity index (χ4n) is 4.74. The summed E-state index contributed by atoms with van der Waals surface area (Å²) in [5.41, 5.74) is 3.61. The topological polar surface area (TPSA) is 88.1 Å². The Balaban J connectivity index is 1.47. The summed E-state index contributed by atoms with van der Waals surface area (Å²) >= 11 is 0. The number of methoxy groups -OCH3 is 2. The van der Waals surface area contributed by atoms with Crippen LogP contribution in [0, 0.1) is 6.92 Å². The molecule has 4 aromatic carbocycles. The molecule has 0 atom stereocenters. The Kier molecular flexibility index (Phi) is 6.95. The molecular formula is C33H27N3O5. The molecule has 8 heteroatoms. The number of hydrogen-bond acceptors (Lipinski definition) is 7. The molecule has 0 saturated carbocycles. The fourth-order valence-corrected chi connectivity index (χ4v) is 4.74. The third kappa shape index (κ3) is 5.03. The minimum Gasteiger partial charge on any atom is -0.496 e. The predicted octanol–water partition coefficient (Wildman–Crippen LogP) is 6.60. The molecule has 0 bridgehead atoms. The normalized spacial score (nSPS) is 11.4. The van der Waals surface area contributed by atoms with Gasteiger partial charge in [-0.3, -0.25) is 4.79 Å². The summed E-state index contributed by atoms with van der Waals surface area (Å²) in [4.78, 5) is 18.5. The van der Waals surface area contributed by atoms with Gasteiger partial charge in [0.05, 0.1) is 36.7 Å². The lowest BCUT2D eigenvalue weighted by Crippen LogP contribution is -2.20. The van der Waals surface area contributed by atoms with Crippen molar-refractivity contribution < 1.29 is 18.6 Å². The standard InChI is InChI=1S/C33H27N3O5/c1-21-9-6-10-22(17-21)20-40-31-23(11-7-16-29(31)39-3)19-34-36-32(35-26-13-5-4-12-24(26)33(36)37)30-18-25-27(38-2)14-8-15-28(25)41-30/h4-19H,20H2,1-3H3. The zero-order valence-electron chi connectivity index (χ0n) is 22.8. The van der Waals surface area contributed by atoms with Crippen molar-refractivity contribution in [3.8, 4) is 28.8 Å². The van der Waals surface area contributed by atoms with Gasteiger partial charge in [0.15, 0.2) is 17.3 Å². The second kappa shape index (κ2) is 11.0. The molecule has 0 N–H and O–H groups in total. The number of aromatic nitrogens is 2. The number of rotatable bonds is 8. The monoisotopic (exact) mass is 545 g/mol. The van der Waals surface area contributed by atoms with Crippen LogP contribution >= 0.6 is 0 Å². The minimum absolute atomic E-state index is 0.258. The molecule has 0 unspecified atom stereocenters. The van der Waals surface area contributed by atoms with Crippen molar-refractivity contribution in [3.05, 3.63) is 118 Å². The maximum Gasteiger partial charge on any atom is 0.282 e. The van der Waals surface area contributed by atoms with E-state index in [1.165, 1.54) is 4.68 Å². The van der Waals surface area contributed by atoms with Crippen molar-refractivity contribution in [1.82, 2.24) is 9.66 Å². The van der Waals surface area contributed by atoms with Gasteiger partial charge in [0, 0.05) is 5.56 Å². The Hall–Kier alpha value is -5.37. The molecule has 6 rings (SSSR count). The molecule has 0 fully saturated rings. The predicted molar refractivity (Wildman–Crippen MR) is 159 cm³/mol. The van der Waals surface area contributed by atoms with Crippen molar-refractivity contribution in [2.75, 3.05) is 14.2 Å². The van der Waals surface area contributed by atoms with Crippen LogP contribution in [0.1, 0.15) is 16.7 Å². The molecule has 0 spiro atoms. The molecule has 0 saturated heterocycles. The number of aryl methyl sites for hydroxylation is 1. The lowest BCUT2D eigenvalue weighted by atomic mass is 10.1. The van der Waals surface area contributed by atoms with Crippen LogP contribution in [-0.4, -0.2) is 30.1 Å². The Morgan fingerprint density at radius 1 is 0.878 bits per heavy atom. The number of furan rings is 1. The molecule has 8 nitrogen and oxygen atoms in total. The molecule has 0 aliphatic rings. The van der Waals surface area contributed by atoms with Crippen LogP contribution in [-0.2, 0) is 6.61 Å². The summed E-state index contributed by atoms with van der Waals surface area (Å²) in [7, 11) is 3.18. The number of hydrogen-bond donors (Lipinski definition) is 0. The van der Waals surface area contributed by atoms with E-state index in [0.29, 0.717) is 51.7 Å². The van der Waals surface area contributed by atoms with Crippen molar-refractivity contribution in [2.24, 2.45) is 5.10 Å². The van der Waals surface area contributed by atoms with E-state index in [2.05, 4.69) is 11.2 Å². The molecule has 6 aromatic rings. The van der Waals surface area contributed by atoms with Gasteiger partial charge in [-0.1, -0.05) is 54.1 Å². The zero-order valence-corrected chi connectivity index (χ0v) is 22.8. The Bertz CT molecular complexity index is 1970. The summed E-state index contributed by atoms with van der Waals surface area (Å²) in [6.45, 7) is 2.38. The third-order valence-electron chi connectivity index (χ3n) is 6.72. The van der Waals surface area contributed by atoms with Crippen LogP contribution in [0.15, 0.2) is 105 Å². The smallest absolute Gasteiger partial charge is 0.282 e. The van der Waals surface area contributed by atoms with Gasteiger partial charge in [-0.05, 0) is 55.0 Å². The van der Waals surface area contributed by atoms with E-state index in [-0.39, 0.29) is 11.4 Å². The lowest BCUT2D eigenvalue weighted by molar-refractivity contribution is 0.284. The zero-order chi connectivity index (χ0) is 28.3. The summed E-state index contributed by atoms with van der Waals surface area (Å²) in [6.07, 6.45) is 1.57. The second-order valence-corrected chi connectivity index (χ2v) is 9.45. The van der Waals surface area contributed by atoms with Gasteiger partial charge in [-0.15, -0.1) is 0 Å². The number of benzene rings is 4. The second-order valence-electron chi connectivity index (χ2n) is 9.45. The van der Waals surface area contributed by atoms with Crippen LogP contribution in [0.3, 0.4) is 0 Å². The van der Waals surface area contributed by atoms with Crippen LogP contribution in [0.5, 0.6) is 17.2 Å². The van der Waals surface area contributed by atoms with Crippen LogP contribution in [0.2, 0.25) is 0 Å². The van der Waals surface area contributed by atoms with Crippen LogP contribution in [0.4, 0.5) is 0 Å². The average molecular weight is 546 g/mol. The summed E-state index contributed by atoms with van der Waals surface area (Å²) in [5.74, 6) is 2.36. The summed E-state index contributed by atoms with van der Waals surface area (Å²) in [6, 6.07) is 28.1. The highest BCUT2D eigenvalue weighted by molar-refractivity contribution is 5.89. The molecule has 41 heavy (non-hydrogen) atoms. The highest BCUT2D eigenvalue weighted by atomic mass is 16.5. The third-order valence-corrected chi connectivity index (χ3v) is 6.72. The van der Waals surface area contributed by atoms with Crippen molar-refractivity contribution >= 4 is 28.1 Å². The van der Waals surface area contributed by atoms with Gasteiger partial charge in [0.1, 0.15) is 17.9 Å². The van der Waals surface area contributed by atoms with Gasteiger partial charge < -0.3 is 18.6 Å². The molecular weight excluding hydrogens is 518 g/mol. The van der Waals surface area contributed by atoms with Gasteiger partial charge in [0.2, 0.25) is 5.82 Å². The van der Waals surface area contributed by atoms with Crippen molar-refractivity contribution in [1.29, 1.82) is 0 Å². The fraction of sp³-hybridized carbons (Fsp3) is 0.121. The first-order valence-electron chi connectivity index (χ1n) is 13.0. The number of para-hydroxylation sites is 2. The van der Waals surface area contributed by atoms with E-state index in [1.54, 1.807) is 44.7 Å². The molecule has 0 radical (unpaired) electrons. The van der Waals surface area contributed by atoms with E-state index in [0.717, 1.165) is 16.5 Å². The SMILES string of the molecule is COc1cccc(C=Nn2c(-c3cc4c(OC)cccc4o3)nc3ccccc3c2=O)c1OCc1cccc(C)c1. The first kappa shape index (κ1) is 25.9. The Morgan fingerprint density at radius 3 is 2.49 bits per heavy atom. The van der Waals surface area contributed by atoms with Crippen LogP contribution < -0.4 is 19.8 Å². The minimum atomic E-state index is -0.334. The van der Waals surface area contributed by atoms with E-state index in [1.807, 2.05) is 67.6 Å². The molecule has 2 heterocycles. The summed E-state index contributed by atoms with van der Waals surface area (Å²) < 4.78 is 24.7. The lowest BCUT2D eigenvalue weighted by Gasteiger charge is -2.14. The van der Waals surface area contributed by atoms with E-state index in [9.17, 15) is 4.79 Å². The van der Waals surface area contributed by atoms with Crippen LogP contribution in [0.25, 0.3) is 33.5 Å². The van der Waals surface area contributed by atoms with Gasteiger partial charge in [-0.25, -0.2) is 4.98 Å². The number of ether oxygens (including phenoxy) is 3. The van der Waals surface area contributed by atoms with Gasteiger partial charge in [-0.2, -0.15) is 9.78 Å². The first-order valence-corrected chi connectivity index (χ1v) is 13.0. The van der Waals surface area contributed by atoms with Gasteiger partial charge in [0.25, 0.3) is 5.56 Å². The van der Waals surface area contributed by atoms with Gasteiger partial charge >= 0.3 is 0 Å². The molecule has 0 aliphatic heterocycles. The molecule has 2 aromatic heterocycles. The highest BCUT2D eigenvalue weighted by Gasteiger charge is 2.18. The first-order chi connectivity index (χ1) is 20.1. The number of fused-ring (bicyclic) bond motifs is 2. The quantitative estimate of drug-likeness (QED) is 0.200. The van der Waals surface area contributed by atoms with Crippen molar-refractivity contribution in [2.45, 2.75) is 13.5 Å². The molecule has 0 aliphatic carbocycles. The maximum absolute atomic E-state index is 13.7. The van der Waals surface area contributed by atoms with E-state index in [4.69, 9.17) is 23.6 Å². The highest BCUT2D eigenvalue weighted by Crippen LogP contribution is 2.34. The molecule has 204 valence electrons. The Morgan fingerprint density at radius 2 is 1.66 bits per heavy atom. The average Bonchev–Trinajstić information content (AvgIpc) is 3.44. The van der Waals surface area contributed by atoms with Crippen molar-refractivity contribution in [3.63, 3.8) is 0 Å². The number of nitrogens with zero attached hydrogens (tertiary/aromatic N) is 3. The molecule has 0 amide bonds. The van der Waals surface area contributed by atoms with E-state index < -0.39 is 0 Å².